The van der Waals surface area contributed by atoms with Crippen molar-refractivity contribution in [3.63, 3.8) is 0 Å². The number of anilines is 1. The summed E-state index contributed by atoms with van der Waals surface area (Å²) in [6, 6.07) is 0.672. The Kier molecular flexibility index (Phi) is 3.81. The van der Waals surface area contributed by atoms with Gasteiger partial charge < -0.3 is 4.90 Å². The summed E-state index contributed by atoms with van der Waals surface area (Å²) in [5, 5.41) is 1.06. The van der Waals surface area contributed by atoms with Gasteiger partial charge in [-0.3, -0.25) is 0 Å². The second kappa shape index (κ2) is 5.12. The Hall–Kier alpha value is -0.350. The minimum absolute atomic E-state index is 0.666. The monoisotopic (exact) mass is 245 g/mol. The van der Waals surface area contributed by atoms with E-state index < -0.39 is 0 Å². The molecular weight excluding hydrogens is 230 g/mol. The molecular formula is C10H16ClN3S. The van der Waals surface area contributed by atoms with E-state index in [-0.39, 0.29) is 0 Å². The maximum atomic E-state index is 5.80. The van der Waals surface area contributed by atoms with Gasteiger partial charge in [-0.1, -0.05) is 6.92 Å². The summed E-state index contributed by atoms with van der Waals surface area (Å²) in [7, 11) is 0. The largest absolute Gasteiger partial charge is 0.343 e. The summed E-state index contributed by atoms with van der Waals surface area (Å²) in [6.07, 6.45) is 4.64. The lowest BCUT2D eigenvalue weighted by atomic mass is 10.3. The predicted molar refractivity (Wildman–Crippen MR) is 65.0 cm³/mol. The Balaban J connectivity index is 2.04. The summed E-state index contributed by atoms with van der Waals surface area (Å²) in [5.74, 6) is 1.65. The summed E-state index contributed by atoms with van der Waals surface area (Å²) in [4.78, 5) is 6.86. The van der Waals surface area contributed by atoms with Gasteiger partial charge in [0.05, 0.1) is 0 Å². The van der Waals surface area contributed by atoms with E-state index in [4.69, 9.17) is 11.6 Å². The lowest BCUT2D eigenvalue weighted by molar-refractivity contribution is 0.807. The first kappa shape index (κ1) is 11.1. The zero-order valence-electron chi connectivity index (χ0n) is 8.95. The normalized spacial score (nSPS) is 15.6. The third-order valence-corrected chi connectivity index (χ3v) is 3.45. The minimum atomic E-state index is 0.666. The van der Waals surface area contributed by atoms with Gasteiger partial charge >= 0.3 is 0 Å². The molecule has 15 heavy (non-hydrogen) atoms. The highest BCUT2D eigenvalue weighted by molar-refractivity contribution is 7.09. The molecule has 0 radical (unpaired) electrons. The Labute approximate surface area is 99.6 Å². The van der Waals surface area contributed by atoms with Gasteiger partial charge in [0.1, 0.15) is 5.82 Å². The number of alkyl halides is 1. The molecule has 0 bridgehead atoms. The quantitative estimate of drug-likeness (QED) is 0.722. The molecule has 1 heterocycles. The van der Waals surface area contributed by atoms with E-state index in [2.05, 4.69) is 21.2 Å². The number of rotatable bonds is 6. The molecule has 1 aromatic heterocycles. The van der Waals surface area contributed by atoms with Crippen LogP contribution >= 0.6 is 23.1 Å². The van der Waals surface area contributed by atoms with E-state index in [0.29, 0.717) is 11.9 Å². The molecule has 1 aromatic rings. The van der Waals surface area contributed by atoms with Crippen LogP contribution in [0.25, 0.3) is 0 Å². The molecule has 1 fully saturated rings. The number of nitrogens with zero attached hydrogens (tertiary/aromatic N) is 3. The average Bonchev–Trinajstić information content (AvgIpc) is 2.96. The van der Waals surface area contributed by atoms with Gasteiger partial charge in [-0.15, -0.1) is 11.6 Å². The lowest BCUT2D eigenvalue weighted by Crippen LogP contribution is -2.27. The molecule has 1 aliphatic carbocycles. The highest BCUT2D eigenvalue weighted by atomic mass is 35.5. The van der Waals surface area contributed by atoms with Crippen molar-refractivity contribution >= 4 is 28.3 Å². The molecule has 0 aromatic carbocycles. The molecule has 2 rings (SSSR count). The van der Waals surface area contributed by atoms with Crippen LogP contribution in [0.3, 0.4) is 0 Å². The molecule has 84 valence electrons. The second-order valence-electron chi connectivity index (χ2n) is 3.86. The van der Waals surface area contributed by atoms with Gasteiger partial charge in [-0.05, 0) is 19.3 Å². The Morgan fingerprint density at radius 2 is 2.33 bits per heavy atom. The van der Waals surface area contributed by atoms with Gasteiger partial charge in [0.25, 0.3) is 0 Å². The van der Waals surface area contributed by atoms with Crippen molar-refractivity contribution in [2.24, 2.45) is 0 Å². The first-order valence-corrected chi connectivity index (χ1v) is 6.81. The van der Waals surface area contributed by atoms with Crippen LogP contribution in [0.15, 0.2) is 0 Å². The van der Waals surface area contributed by atoms with Gasteiger partial charge in [0.2, 0.25) is 5.13 Å². The van der Waals surface area contributed by atoms with E-state index in [9.17, 15) is 0 Å². The molecule has 3 nitrogen and oxygen atoms in total. The van der Waals surface area contributed by atoms with Gasteiger partial charge in [-0.2, -0.15) is 4.37 Å². The first-order valence-electron chi connectivity index (χ1n) is 5.50. The molecule has 0 aliphatic heterocycles. The number of hydrogen-bond donors (Lipinski definition) is 0. The fraction of sp³-hybridized carbons (Fsp3) is 0.800. The van der Waals surface area contributed by atoms with Gasteiger partial charge in [0.15, 0.2) is 0 Å². The van der Waals surface area contributed by atoms with Crippen molar-refractivity contribution in [1.29, 1.82) is 0 Å². The SMILES string of the molecule is CCCc1nsc(N(CCCl)C2CC2)n1. The van der Waals surface area contributed by atoms with E-state index in [1.165, 1.54) is 24.4 Å². The van der Waals surface area contributed by atoms with Crippen LogP contribution < -0.4 is 4.90 Å². The molecule has 0 amide bonds. The smallest absolute Gasteiger partial charge is 0.205 e. The maximum Gasteiger partial charge on any atom is 0.205 e. The van der Waals surface area contributed by atoms with Crippen molar-refractivity contribution in [2.75, 3.05) is 17.3 Å². The third-order valence-electron chi connectivity index (χ3n) is 2.49. The molecule has 1 aliphatic rings. The number of halogens is 1. The van der Waals surface area contributed by atoms with Crippen LogP contribution in [0.5, 0.6) is 0 Å². The highest BCUT2D eigenvalue weighted by Gasteiger charge is 2.30. The van der Waals surface area contributed by atoms with Crippen molar-refractivity contribution in [1.82, 2.24) is 9.36 Å². The number of hydrogen-bond acceptors (Lipinski definition) is 4. The maximum absolute atomic E-state index is 5.80. The van der Waals surface area contributed by atoms with E-state index in [1.807, 2.05) is 0 Å². The van der Waals surface area contributed by atoms with Crippen molar-refractivity contribution in [3.05, 3.63) is 5.82 Å². The standard InChI is InChI=1S/C10H16ClN3S/c1-2-3-9-12-10(15-13-9)14(7-6-11)8-4-5-8/h8H,2-7H2,1H3. The summed E-state index contributed by atoms with van der Waals surface area (Å²) in [5.41, 5.74) is 0. The fourth-order valence-electron chi connectivity index (χ4n) is 1.60. The molecule has 0 N–H and O–H groups in total. The number of aryl methyl sites for hydroxylation is 1. The Morgan fingerprint density at radius 1 is 1.53 bits per heavy atom. The fourth-order valence-corrected chi connectivity index (χ4v) is 2.59. The zero-order valence-corrected chi connectivity index (χ0v) is 10.5. The average molecular weight is 246 g/mol. The van der Waals surface area contributed by atoms with Gasteiger partial charge in [-0.25, -0.2) is 4.98 Å². The summed E-state index contributed by atoms with van der Waals surface area (Å²) >= 11 is 7.31. The second-order valence-corrected chi connectivity index (χ2v) is 4.96. The number of aromatic nitrogens is 2. The van der Waals surface area contributed by atoms with Crippen LogP contribution in [-0.4, -0.2) is 27.8 Å². The third kappa shape index (κ3) is 2.82. The van der Waals surface area contributed by atoms with Crippen LogP contribution in [0.2, 0.25) is 0 Å². The van der Waals surface area contributed by atoms with Crippen molar-refractivity contribution < 1.29 is 0 Å². The van der Waals surface area contributed by atoms with Gasteiger partial charge in [0, 0.05) is 36.4 Å². The highest BCUT2D eigenvalue weighted by Crippen LogP contribution is 2.32. The molecule has 0 atom stereocenters. The van der Waals surface area contributed by atoms with Crippen LogP contribution in [0.1, 0.15) is 32.0 Å². The topological polar surface area (TPSA) is 29.0 Å². The van der Waals surface area contributed by atoms with Crippen LogP contribution in [-0.2, 0) is 6.42 Å². The lowest BCUT2D eigenvalue weighted by Gasteiger charge is -2.18. The molecule has 0 unspecified atom stereocenters. The van der Waals surface area contributed by atoms with E-state index >= 15 is 0 Å². The summed E-state index contributed by atoms with van der Waals surface area (Å²) in [6.45, 7) is 3.05. The molecule has 0 spiro atoms. The Bertz CT molecular complexity index is 311. The van der Waals surface area contributed by atoms with Crippen molar-refractivity contribution in [2.45, 2.75) is 38.6 Å². The Morgan fingerprint density at radius 3 is 2.93 bits per heavy atom. The minimum Gasteiger partial charge on any atom is -0.343 e. The molecule has 1 saturated carbocycles. The first-order chi connectivity index (χ1) is 7.35. The molecule has 0 saturated heterocycles. The van der Waals surface area contributed by atoms with Crippen molar-refractivity contribution in [3.8, 4) is 0 Å². The van der Waals surface area contributed by atoms with E-state index in [0.717, 1.165) is 30.3 Å². The van der Waals surface area contributed by atoms with Crippen LogP contribution in [0.4, 0.5) is 5.13 Å². The predicted octanol–water partition coefficient (Wildman–Crippen LogP) is 2.70. The van der Waals surface area contributed by atoms with Crippen LogP contribution in [0, 0.1) is 0 Å². The van der Waals surface area contributed by atoms with E-state index in [1.54, 1.807) is 0 Å². The molecule has 5 heteroatoms. The summed E-state index contributed by atoms with van der Waals surface area (Å²) < 4.78 is 4.37. The zero-order chi connectivity index (χ0) is 10.7.